The third-order valence-corrected chi connectivity index (χ3v) is 3.87. The van der Waals surface area contributed by atoms with Crippen LogP contribution >= 0.6 is 0 Å². The lowest BCUT2D eigenvalue weighted by atomic mass is 10.3. The molecule has 0 aliphatic rings. The summed E-state index contributed by atoms with van der Waals surface area (Å²) in [6, 6.07) is -0.213. The van der Waals surface area contributed by atoms with Crippen LogP contribution in [0.15, 0.2) is 17.0 Å². The minimum atomic E-state index is -4.37. The summed E-state index contributed by atoms with van der Waals surface area (Å²) in [6.45, 7) is 2.86. The van der Waals surface area contributed by atoms with Crippen molar-refractivity contribution in [1.82, 2.24) is 4.72 Å². The van der Waals surface area contributed by atoms with Crippen LogP contribution in [0, 0.1) is 11.6 Å². The topological polar surface area (TPSA) is 98.5 Å². The Morgan fingerprint density at radius 2 is 2.00 bits per heavy atom. The molecule has 6 nitrogen and oxygen atoms in total. The van der Waals surface area contributed by atoms with E-state index in [9.17, 15) is 22.0 Å². The van der Waals surface area contributed by atoms with Gasteiger partial charge in [0.2, 0.25) is 10.0 Å². The fourth-order valence-corrected chi connectivity index (χ4v) is 2.65. The number of anilines is 1. The third-order valence-electron chi connectivity index (χ3n) is 2.31. The molecule has 1 aromatic carbocycles. The first-order chi connectivity index (χ1) is 9.19. The number of nitrogens with one attached hydrogen (secondary N) is 1. The second-order valence-electron chi connectivity index (χ2n) is 3.90. The van der Waals surface area contributed by atoms with Crippen LogP contribution in [-0.2, 0) is 19.6 Å². The first-order valence-corrected chi connectivity index (χ1v) is 7.10. The molecule has 0 saturated heterocycles. The van der Waals surface area contributed by atoms with Gasteiger partial charge in [0.05, 0.1) is 12.3 Å². The van der Waals surface area contributed by atoms with Crippen LogP contribution in [0.4, 0.5) is 14.5 Å². The van der Waals surface area contributed by atoms with E-state index in [0.717, 1.165) is 0 Å². The highest BCUT2D eigenvalue weighted by molar-refractivity contribution is 7.89. The molecule has 0 spiro atoms. The number of carbonyl (C=O) groups is 1. The van der Waals surface area contributed by atoms with E-state index in [0.29, 0.717) is 12.1 Å². The number of sulfonamides is 1. The van der Waals surface area contributed by atoms with Gasteiger partial charge in [0.25, 0.3) is 0 Å². The van der Waals surface area contributed by atoms with Crippen LogP contribution in [0.1, 0.15) is 13.8 Å². The molecule has 0 fully saturated rings. The van der Waals surface area contributed by atoms with Crippen molar-refractivity contribution in [3.8, 4) is 0 Å². The Labute approximate surface area is 115 Å². The number of carbonyl (C=O) groups excluding carboxylic acids is 1. The standard InChI is InChI=1S/C11H14F2N2O4S/c1-3-19-11(16)6(2)15-20(17,18)10-5-9(14)7(12)4-8(10)13/h4-6,15H,3,14H2,1-2H3. The number of hydrogen-bond acceptors (Lipinski definition) is 5. The Kier molecular flexibility index (Phi) is 5.01. The molecule has 1 aromatic rings. The normalized spacial score (nSPS) is 13.0. The largest absolute Gasteiger partial charge is 0.465 e. The van der Waals surface area contributed by atoms with Crippen LogP contribution in [0.25, 0.3) is 0 Å². The highest BCUT2D eigenvalue weighted by Gasteiger charge is 2.26. The summed E-state index contributed by atoms with van der Waals surface area (Å²) >= 11 is 0. The molecule has 1 rings (SSSR count). The molecule has 0 aromatic heterocycles. The summed E-state index contributed by atoms with van der Waals surface area (Å²) in [4.78, 5) is 10.5. The number of rotatable bonds is 5. The van der Waals surface area contributed by atoms with Gasteiger partial charge in [-0.25, -0.2) is 17.2 Å². The Balaban J connectivity index is 3.06. The maximum absolute atomic E-state index is 13.5. The maximum Gasteiger partial charge on any atom is 0.323 e. The fraction of sp³-hybridized carbons (Fsp3) is 0.364. The van der Waals surface area contributed by atoms with Crippen LogP contribution in [0.2, 0.25) is 0 Å². The Hall–Kier alpha value is -1.74. The SMILES string of the molecule is CCOC(=O)C(C)NS(=O)(=O)c1cc(N)c(F)cc1F. The molecule has 0 amide bonds. The second-order valence-corrected chi connectivity index (χ2v) is 5.58. The lowest BCUT2D eigenvalue weighted by Gasteiger charge is -2.14. The summed E-state index contributed by atoms with van der Waals surface area (Å²) in [5, 5.41) is 0. The number of nitrogens with two attached hydrogens (primary N) is 1. The minimum absolute atomic E-state index is 0.0722. The van der Waals surface area contributed by atoms with Crippen molar-refractivity contribution < 1.29 is 26.7 Å². The lowest BCUT2D eigenvalue weighted by Crippen LogP contribution is -2.39. The summed E-state index contributed by atoms with van der Waals surface area (Å²) in [6.07, 6.45) is 0. The van der Waals surface area contributed by atoms with E-state index in [2.05, 4.69) is 4.74 Å². The zero-order chi connectivity index (χ0) is 15.5. The highest BCUT2D eigenvalue weighted by Crippen LogP contribution is 2.21. The van der Waals surface area contributed by atoms with E-state index in [1.165, 1.54) is 6.92 Å². The first-order valence-electron chi connectivity index (χ1n) is 5.62. The van der Waals surface area contributed by atoms with Crippen molar-refractivity contribution in [1.29, 1.82) is 0 Å². The molecule has 0 aliphatic carbocycles. The van der Waals surface area contributed by atoms with Gasteiger partial charge in [-0.3, -0.25) is 4.79 Å². The van der Waals surface area contributed by atoms with Gasteiger partial charge in [-0.05, 0) is 19.9 Å². The quantitative estimate of drug-likeness (QED) is 0.618. The molecule has 0 aliphatic heterocycles. The van der Waals surface area contributed by atoms with Gasteiger partial charge in [0.1, 0.15) is 22.6 Å². The third kappa shape index (κ3) is 3.64. The van der Waals surface area contributed by atoms with Gasteiger partial charge in [-0.2, -0.15) is 4.72 Å². The number of hydrogen-bond donors (Lipinski definition) is 2. The van der Waals surface area contributed by atoms with E-state index in [4.69, 9.17) is 5.73 Å². The number of esters is 1. The predicted octanol–water partition coefficient (Wildman–Crippen LogP) is 0.777. The minimum Gasteiger partial charge on any atom is -0.465 e. The second kappa shape index (κ2) is 6.14. The Morgan fingerprint density at radius 3 is 2.55 bits per heavy atom. The van der Waals surface area contributed by atoms with E-state index < -0.39 is 44.3 Å². The van der Waals surface area contributed by atoms with Gasteiger partial charge < -0.3 is 10.5 Å². The average molecular weight is 308 g/mol. The molecule has 0 radical (unpaired) electrons. The van der Waals surface area contributed by atoms with Gasteiger partial charge in [-0.15, -0.1) is 0 Å². The Bertz CT molecular complexity index is 619. The van der Waals surface area contributed by atoms with Crippen LogP contribution in [0.3, 0.4) is 0 Å². The lowest BCUT2D eigenvalue weighted by molar-refractivity contribution is -0.144. The fourth-order valence-electron chi connectivity index (χ4n) is 1.36. The van der Waals surface area contributed by atoms with Crippen molar-refractivity contribution in [2.45, 2.75) is 24.8 Å². The van der Waals surface area contributed by atoms with Crippen molar-refractivity contribution in [3.05, 3.63) is 23.8 Å². The van der Waals surface area contributed by atoms with Crippen molar-refractivity contribution >= 4 is 21.7 Å². The summed E-state index contributed by atoms with van der Waals surface area (Å²) < 4.78 is 56.8. The molecule has 0 heterocycles. The van der Waals surface area contributed by atoms with Crippen molar-refractivity contribution in [3.63, 3.8) is 0 Å². The van der Waals surface area contributed by atoms with E-state index in [-0.39, 0.29) is 6.61 Å². The molecule has 112 valence electrons. The number of halogens is 2. The molecule has 0 saturated carbocycles. The molecule has 3 N–H and O–H groups in total. The number of ether oxygens (including phenoxy) is 1. The number of nitrogen functional groups attached to an aromatic ring is 1. The van der Waals surface area contributed by atoms with Gasteiger partial charge >= 0.3 is 5.97 Å². The number of benzene rings is 1. The molecule has 1 atom stereocenters. The summed E-state index contributed by atoms with van der Waals surface area (Å²) in [7, 11) is -4.37. The first kappa shape index (κ1) is 16.3. The van der Waals surface area contributed by atoms with Gasteiger partial charge in [0, 0.05) is 6.07 Å². The van der Waals surface area contributed by atoms with E-state index in [1.54, 1.807) is 6.92 Å². The molecular weight excluding hydrogens is 294 g/mol. The summed E-state index contributed by atoms with van der Waals surface area (Å²) in [5.74, 6) is -3.19. The Morgan fingerprint density at radius 1 is 1.40 bits per heavy atom. The molecule has 1 unspecified atom stereocenters. The van der Waals surface area contributed by atoms with E-state index >= 15 is 0 Å². The highest BCUT2D eigenvalue weighted by atomic mass is 32.2. The van der Waals surface area contributed by atoms with Crippen LogP contribution in [0.5, 0.6) is 0 Å². The van der Waals surface area contributed by atoms with Crippen LogP contribution in [-0.4, -0.2) is 27.0 Å². The monoisotopic (exact) mass is 308 g/mol. The van der Waals surface area contributed by atoms with E-state index in [1.807, 2.05) is 4.72 Å². The molecule has 9 heteroatoms. The zero-order valence-electron chi connectivity index (χ0n) is 10.8. The summed E-state index contributed by atoms with van der Waals surface area (Å²) in [5.41, 5.74) is 4.68. The maximum atomic E-state index is 13.5. The predicted molar refractivity (Wildman–Crippen MR) is 67.2 cm³/mol. The molecular formula is C11H14F2N2O4S. The molecule has 0 bridgehead atoms. The zero-order valence-corrected chi connectivity index (χ0v) is 11.6. The van der Waals surface area contributed by atoms with Gasteiger partial charge in [-0.1, -0.05) is 0 Å². The average Bonchev–Trinajstić information content (AvgIpc) is 2.33. The van der Waals surface area contributed by atoms with Crippen LogP contribution < -0.4 is 10.5 Å². The molecule has 20 heavy (non-hydrogen) atoms. The van der Waals surface area contributed by atoms with Crippen molar-refractivity contribution in [2.24, 2.45) is 0 Å². The van der Waals surface area contributed by atoms with Gasteiger partial charge in [0.15, 0.2) is 0 Å². The smallest absolute Gasteiger partial charge is 0.323 e. The van der Waals surface area contributed by atoms with Crippen molar-refractivity contribution in [2.75, 3.05) is 12.3 Å².